The summed E-state index contributed by atoms with van der Waals surface area (Å²) in [6.45, 7) is 6.64. The van der Waals surface area contributed by atoms with Crippen molar-refractivity contribution in [3.63, 3.8) is 0 Å². The summed E-state index contributed by atoms with van der Waals surface area (Å²) in [6.07, 6.45) is 0. The summed E-state index contributed by atoms with van der Waals surface area (Å²) in [5.41, 5.74) is 0.252. The van der Waals surface area contributed by atoms with Crippen molar-refractivity contribution >= 4 is 17.1 Å². The first-order valence-electron chi connectivity index (χ1n) is 6.12. The summed E-state index contributed by atoms with van der Waals surface area (Å²) in [5.74, 6) is 0. The number of nitro benzene ring substituents is 2. The van der Waals surface area contributed by atoms with E-state index in [2.05, 4.69) is 6.58 Å². The van der Waals surface area contributed by atoms with Crippen LogP contribution in [0.1, 0.15) is 18.1 Å². The summed E-state index contributed by atoms with van der Waals surface area (Å²) < 4.78 is 0. The first-order chi connectivity index (χ1) is 9.70. The minimum atomic E-state index is -0.685. The number of rotatable bonds is 6. The van der Waals surface area contributed by atoms with Gasteiger partial charge in [0.05, 0.1) is 16.5 Å². The lowest BCUT2D eigenvalue weighted by Crippen LogP contribution is -2.22. The third-order valence-electron chi connectivity index (χ3n) is 3.05. The Hall–Kier alpha value is -2.48. The second-order valence-corrected chi connectivity index (χ2v) is 4.86. The van der Waals surface area contributed by atoms with Gasteiger partial charge in [-0.2, -0.15) is 0 Å². The number of hydrogen-bond acceptors (Lipinski definition) is 6. The molecule has 21 heavy (non-hydrogen) atoms. The molecule has 8 nitrogen and oxygen atoms in total. The zero-order valence-corrected chi connectivity index (χ0v) is 12.1. The van der Waals surface area contributed by atoms with E-state index in [1.807, 2.05) is 0 Å². The highest BCUT2D eigenvalue weighted by Gasteiger charge is 2.32. The molecule has 0 aromatic heterocycles. The highest BCUT2D eigenvalue weighted by atomic mass is 16.6. The molecule has 0 fully saturated rings. The summed E-state index contributed by atoms with van der Waals surface area (Å²) in [6, 6.07) is 1.17. The van der Waals surface area contributed by atoms with Crippen molar-refractivity contribution in [2.75, 3.05) is 18.5 Å². The molecule has 1 aromatic carbocycles. The minimum Gasteiger partial charge on any atom is -0.392 e. The summed E-state index contributed by atoms with van der Waals surface area (Å²) in [7, 11) is 1.53. The van der Waals surface area contributed by atoms with Gasteiger partial charge in [0.2, 0.25) is 0 Å². The van der Waals surface area contributed by atoms with Gasteiger partial charge in [0.15, 0.2) is 5.69 Å². The lowest BCUT2D eigenvalue weighted by Gasteiger charge is -2.20. The van der Waals surface area contributed by atoms with Crippen LogP contribution in [-0.4, -0.2) is 28.5 Å². The maximum absolute atomic E-state index is 11.3. The molecule has 1 rings (SSSR count). The lowest BCUT2D eigenvalue weighted by molar-refractivity contribution is -0.393. The molecule has 0 heterocycles. The molecular weight excluding hydrogens is 278 g/mol. The second-order valence-electron chi connectivity index (χ2n) is 4.86. The molecule has 0 spiro atoms. The van der Waals surface area contributed by atoms with Crippen LogP contribution in [0, 0.1) is 27.2 Å². The number of nitro groups is 2. The number of nitrogens with zero attached hydrogens (tertiary/aromatic N) is 3. The molecule has 0 aliphatic carbocycles. The van der Waals surface area contributed by atoms with E-state index in [1.54, 1.807) is 6.92 Å². The van der Waals surface area contributed by atoms with Crippen molar-refractivity contribution in [1.82, 2.24) is 0 Å². The fraction of sp³-hybridized carbons (Fsp3) is 0.385. The molecule has 0 amide bonds. The summed E-state index contributed by atoms with van der Waals surface area (Å²) in [5, 5.41) is 31.8. The van der Waals surface area contributed by atoms with E-state index < -0.39 is 22.1 Å². The van der Waals surface area contributed by atoms with Crippen LogP contribution >= 0.6 is 0 Å². The van der Waals surface area contributed by atoms with Gasteiger partial charge in [-0.25, -0.2) is 0 Å². The second kappa shape index (κ2) is 6.31. The van der Waals surface area contributed by atoms with E-state index in [0.29, 0.717) is 5.57 Å². The number of benzene rings is 1. The highest BCUT2D eigenvalue weighted by Crippen LogP contribution is 2.41. The molecule has 0 saturated carbocycles. The third kappa shape index (κ3) is 3.34. The molecule has 0 radical (unpaired) electrons. The first-order valence-corrected chi connectivity index (χ1v) is 6.12. The van der Waals surface area contributed by atoms with Gasteiger partial charge < -0.3 is 10.0 Å². The quantitative estimate of drug-likeness (QED) is 0.490. The number of likely N-dealkylation sites (N-methyl/N-ethyl adjacent to an activating group) is 1. The van der Waals surface area contributed by atoms with Gasteiger partial charge in [0.1, 0.15) is 0 Å². The van der Waals surface area contributed by atoms with Crippen LogP contribution in [0.4, 0.5) is 17.1 Å². The molecule has 0 atom stereocenters. The lowest BCUT2D eigenvalue weighted by atomic mass is 10.0. The standard InChI is InChI=1S/C13H17N3O5/c1-8(2)6-14(4)13-11(15(18)19)5-10(7-17)9(3)12(13)16(20)21/h5,17H,1,6-7H2,2-4H3. The van der Waals surface area contributed by atoms with Crippen molar-refractivity contribution in [2.45, 2.75) is 20.5 Å². The number of hydrogen-bond donors (Lipinski definition) is 1. The van der Waals surface area contributed by atoms with Gasteiger partial charge in [0, 0.05) is 25.2 Å². The molecule has 0 aliphatic heterocycles. The van der Waals surface area contributed by atoms with Crippen molar-refractivity contribution < 1.29 is 15.0 Å². The van der Waals surface area contributed by atoms with Crippen LogP contribution in [-0.2, 0) is 6.61 Å². The van der Waals surface area contributed by atoms with Crippen molar-refractivity contribution in [2.24, 2.45) is 0 Å². The van der Waals surface area contributed by atoms with Gasteiger partial charge in [-0.05, 0) is 19.4 Å². The monoisotopic (exact) mass is 295 g/mol. The molecule has 114 valence electrons. The minimum absolute atomic E-state index is 0.0808. The molecule has 8 heteroatoms. The number of anilines is 1. The van der Waals surface area contributed by atoms with Crippen LogP contribution in [0.3, 0.4) is 0 Å². The van der Waals surface area contributed by atoms with E-state index >= 15 is 0 Å². The summed E-state index contributed by atoms with van der Waals surface area (Å²) in [4.78, 5) is 22.6. The number of aliphatic hydroxyl groups is 1. The van der Waals surface area contributed by atoms with E-state index in [1.165, 1.54) is 24.9 Å². The number of aliphatic hydroxyl groups excluding tert-OH is 1. The Morgan fingerprint density at radius 3 is 2.33 bits per heavy atom. The van der Waals surface area contributed by atoms with Crippen LogP contribution in [0.25, 0.3) is 0 Å². The Morgan fingerprint density at radius 2 is 1.95 bits per heavy atom. The topological polar surface area (TPSA) is 110 Å². The Morgan fingerprint density at radius 1 is 1.38 bits per heavy atom. The largest absolute Gasteiger partial charge is 0.392 e. The van der Waals surface area contributed by atoms with Gasteiger partial charge in [-0.15, -0.1) is 0 Å². The average Bonchev–Trinajstić information content (AvgIpc) is 2.36. The Kier molecular flexibility index (Phi) is 4.98. The van der Waals surface area contributed by atoms with Crippen LogP contribution < -0.4 is 4.90 Å². The first kappa shape index (κ1) is 16.6. The van der Waals surface area contributed by atoms with Gasteiger partial charge >= 0.3 is 5.69 Å². The maximum Gasteiger partial charge on any atom is 0.302 e. The fourth-order valence-electron chi connectivity index (χ4n) is 2.18. The Bertz CT molecular complexity index is 612. The molecule has 0 saturated heterocycles. The normalized spacial score (nSPS) is 10.3. The predicted octanol–water partition coefficient (Wildman–Crippen LogP) is 2.32. The van der Waals surface area contributed by atoms with E-state index in [0.717, 1.165) is 0 Å². The molecular formula is C13H17N3O5. The Labute approximate surface area is 121 Å². The smallest absolute Gasteiger partial charge is 0.302 e. The zero-order valence-electron chi connectivity index (χ0n) is 12.1. The summed E-state index contributed by atoms with van der Waals surface area (Å²) >= 11 is 0. The van der Waals surface area contributed by atoms with Crippen LogP contribution in [0.5, 0.6) is 0 Å². The van der Waals surface area contributed by atoms with Gasteiger partial charge in [0.25, 0.3) is 5.69 Å². The van der Waals surface area contributed by atoms with E-state index in [-0.39, 0.29) is 29.0 Å². The fourth-order valence-corrected chi connectivity index (χ4v) is 2.18. The van der Waals surface area contributed by atoms with Crippen molar-refractivity contribution in [3.05, 3.63) is 49.6 Å². The molecule has 0 bridgehead atoms. The van der Waals surface area contributed by atoms with Crippen molar-refractivity contribution in [3.8, 4) is 0 Å². The van der Waals surface area contributed by atoms with Gasteiger partial charge in [-0.1, -0.05) is 12.2 Å². The molecule has 1 aromatic rings. The Balaban J connectivity index is 3.71. The highest BCUT2D eigenvalue weighted by molar-refractivity contribution is 5.79. The third-order valence-corrected chi connectivity index (χ3v) is 3.05. The van der Waals surface area contributed by atoms with Gasteiger partial charge in [-0.3, -0.25) is 20.2 Å². The molecule has 0 aliphatic rings. The van der Waals surface area contributed by atoms with E-state index in [9.17, 15) is 25.3 Å². The SMILES string of the molecule is C=C(C)CN(C)c1c([N+](=O)[O-])cc(CO)c(C)c1[N+](=O)[O-]. The zero-order chi connectivity index (χ0) is 16.3. The molecule has 1 N–H and O–H groups in total. The van der Waals surface area contributed by atoms with Crippen molar-refractivity contribution in [1.29, 1.82) is 0 Å². The average molecular weight is 295 g/mol. The van der Waals surface area contributed by atoms with Crippen LogP contribution in [0.15, 0.2) is 18.2 Å². The van der Waals surface area contributed by atoms with E-state index in [4.69, 9.17) is 0 Å². The predicted molar refractivity (Wildman–Crippen MR) is 78.5 cm³/mol. The van der Waals surface area contributed by atoms with Crippen LogP contribution in [0.2, 0.25) is 0 Å². The molecule has 0 unspecified atom stereocenters. The maximum atomic E-state index is 11.3.